The van der Waals surface area contributed by atoms with Crippen molar-refractivity contribution < 1.29 is 0 Å². The maximum Gasteiger partial charge on any atom is 0.0468 e. The molecule has 0 spiro atoms. The molecule has 0 bridgehead atoms. The van der Waals surface area contributed by atoms with Crippen LogP contribution >= 0.6 is 0 Å². The molecule has 10 aromatic rings. The van der Waals surface area contributed by atoms with Crippen LogP contribution in [0.1, 0.15) is 0 Å². The Kier molecular flexibility index (Phi) is 8.95. The first-order valence-corrected chi connectivity index (χ1v) is 19.6. The zero-order chi connectivity index (χ0) is 38.0. The van der Waals surface area contributed by atoms with Gasteiger partial charge in [-0.05, 0) is 114 Å². The molecule has 0 unspecified atom stereocenters. The van der Waals surface area contributed by atoms with Crippen molar-refractivity contribution in [2.45, 2.75) is 0 Å². The molecular formula is C56H39N. The number of hydrogen-bond acceptors (Lipinski definition) is 1. The topological polar surface area (TPSA) is 3.24 Å². The highest BCUT2D eigenvalue weighted by Gasteiger charge is 2.21. The van der Waals surface area contributed by atoms with E-state index in [2.05, 4.69) is 241 Å². The minimum atomic E-state index is 1.09. The first-order chi connectivity index (χ1) is 28.3. The maximum absolute atomic E-state index is 2.43. The summed E-state index contributed by atoms with van der Waals surface area (Å²) < 4.78 is 0. The predicted molar refractivity (Wildman–Crippen MR) is 243 cm³/mol. The fourth-order valence-electron chi connectivity index (χ4n) is 8.43. The fraction of sp³-hybridized carbons (Fsp3) is 0. The first kappa shape index (κ1) is 34.0. The van der Waals surface area contributed by atoms with Crippen LogP contribution in [0.3, 0.4) is 0 Å². The number of nitrogens with zero attached hydrogens (tertiary/aromatic N) is 1. The number of benzene rings is 10. The summed E-state index contributed by atoms with van der Waals surface area (Å²) in [5.41, 5.74) is 15.3. The van der Waals surface area contributed by atoms with E-state index in [0.29, 0.717) is 0 Å². The summed E-state index contributed by atoms with van der Waals surface area (Å²) in [6.07, 6.45) is 0. The molecule has 0 saturated heterocycles. The highest BCUT2D eigenvalue weighted by Crippen LogP contribution is 2.48. The maximum atomic E-state index is 2.43. The van der Waals surface area contributed by atoms with Crippen LogP contribution in [0, 0.1) is 0 Å². The van der Waals surface area contributed by atoms with Gasteiger partial charge in [-0.3, -0.25) is 0 Å². The lowest BCUT2D eigenvalue weighted by Gasteiger charge is -2.28. The lowest BCUT2D eigenvalue weighted by atomic mass is 9.85. The summed E-state index contributed by atoms with van der Waals surface area (Å²) in [5.74, 6) is 0. The van der Waals surface area contributed by atoms with Crippen LogP contribution < -0.4 is 4.90 Å². The molecule has 1 nitrogen and oxygen atoms in total. The van der Waals surface area contributed by atoms with Crippen LogP contribution in [-0.4, -0.2) is 0 Å². The minimum Gasteiger partial charge on any atom is -0.310 e. The zero-order valence-corrected chi connectivity index (χ0v) is 31.5. The minimum absolute atomic E-state index is 1.09. The molecule has 0 N–H and O–H groups in total. The van der Waals surface area contributed by atoms with Gasteiger partial charge in [0.25, 0.3) is 0 Å². The van der Waals surface area contributed by atoms with Crippen molar-refractivity contribution >= 4 is 38.6 Å². The van der Waals surface area contributed by atoms with E-state index in [9.17, 15) is 0 Å². The molecule has 57 heavy (non-hydrogen) atoms. The molecule has 10 rings (SSSR count). The molecule has 0 amide bonds. The molecule has 1 heteroatoms. The Hall–Kier alpha value is -7.48. The SMILES string of the molecule is c1ccc(-c2cccc(N(c3ccc(-c4ccccc4)c(-c4ccccc4)c3)c3ccc4c(c3)c(-c3ccccc3)c(-c3ccccc3)c3ccccc34)c2)cc1. The lowest BCUT2D eigenvalue weighted by Crippen LogP contribution is -2.10. The van der Waals surface area contributed by atoms with Crippen LogP contribution in [0.25, 0.3) is 77.2 Å². The van der Waals surface area contributed by atoms with Crippen molar-refractivity contribution in [1.82, 2.24) is 0 Å². The van der Waals surface area contributed by atoms with Crippen molar-refractivity contribution in [2.24, 2.45) is 0 Å². The van der Waals surface area contributed by atoms with Gasteiger partial charge < -0.3 is 4.90 Å². The summed E-state index contributed by atoms with van der Waals surface area (Å²) in [5, 5.41) is 4.94. The third-order valence-electron chi connectivity index (χ3n) is 11.0. The Labute approximate surface area is 334 Å². The molecule has 0 aliphatic carbocycles. The van der Waals surface area contributed by atoms with E-state index < -0.39 is 0 Å². The van der Waals surface area contributed by atoms with Crippen LogP contribution in [0.4, 0.5) is 17.1 Å². The Morgan fingerprint density at radius 3 is 1.25 bits per heavy atom. The highest BCUT2D eigenvalue weighted by atomic mass is 15.1. The van der Waals surface area contributed by atoms with Crippen molar-refractivity contribution in [3.8, 4) is 55.6 Å². The molecule has 10 aromatic carbocycles. The quantitative estimate of drug-likeness (QED) is 0.141. The van der Waals surface area contributed by atoms with E-state index >= 15 is 0 Å². The van der Waals surface area contributed by atoms with Gasteiger partial charge in [0.2, 0.25) is 0 Å². The third-order valence-corrected chi connectivity index (χ3v) is 11.0. The molecule has 0 radical (unpaired) electrons. The lowest BCUT2D eigenvalue weighted by molar-refractivity contribution is 1.29. The predicted octanol–water partition coefficient (Wildman–Crippen LogP) is 15.8. The Bertz CT molecular complexity index is 2970. The average Bonchev–Trinajstić information content (AvgIpc) is 3.30. The number of hydrogen-bond donors (Lipinski definition) is 0. The molecule has 0 aliphatic heterocycles. The summed E-state index contributed by atoms with van der Waals surface area (Å²) in [4.78, 5) is 2.43. The van der Waals surface area contributed by atoms with E-state index in [4.69, 9.17) is 0 Å². The van der Waals surface area contributed by atoms with Gasteiger partial charge in [-0.2, -0.15) is 0 Å². The normalized spacial score (nSPS) is 11.2. The molecule has 0 atom stereocenters. The molecule has 268 valence electrons. The molecule has 0 heterocycles. The van der Waals surface area contributed by atoms with Crippen LogP contribution in [0.5, 0.6) is 0 Å². The van der Waals surface area contributed by atoms with Crippen LogP contribution in [0.15, 0.2) is 237 Å². The second kappa shape index (κ2) is 15.0. The van der Waals surface area contributed by atoms with Gasteiger partial charge in [0.15, 0.2) is 0 Å². The van der Waals surface area contributed by atoms with Crippen molar-refractivity contribution in [3.63, 3.8) is 0 Å². The van der Waals surface area contributed by atoms with E-state index in [1.807, 2.05) is 0 Å². The summed E-state index contributed by atoms with van der Waals surface area (Å²) in [7, 11) is 0. The average molecular weight is 726 g/mol. The smallest absolute Gasteiger partial charge is 0.0468 e. The Morgan fingerprint density at radius 2 is 0.632 bits per heavy atom. The standard InChI is InChI=1S/C56H39N/c1-6-19-40(20-7-1)45-29-18-30-46(37-45)57(47-33-35-49(41-21-8-2-9-22-41)53(38-47)42-23-10-3-11-24-42)48-34-36-51-50-31-16-17-32-52(50)55(43-25-12-4-13-26-43)56(54(51)39-48)44-27-14-5-15-28-44/h1-39H. The van der Waals surface area contributed by atoms with Gasteiger partial charge in [-0.1, -0.05) is 200 Å². The van der Waals surface area contributed by atoms with Gasteiger partial charge in [-0.25, -0.2) is 0 Å². The molecule has 0 aliphatic rings. The summed E-state index contributed by atoms with van der Waals surface area (Å²) >= 11 is 0. The van der Waals surface area contributed by atoms with Crippen molar-refractivity contribution in [3.05, 3.63) is 237 Å². The summed E-state index contributed by atoms with van der Waals surface area (Å²) in [6.45, 7) is 0. The second-order valence-electron chi connectivity index (χ2n) is 14.5. The first-order valence-electron chi connectivity index (χ1n) is 19.6. The number of rotatable bonds is 8. The van der Waals surface area contributed by atoms with Crippen molar-refractivity contribution in [1.29, 1.82) is 0 Å². The monoisotopic (exact) mass is 725 g/mol. The Morgan fingerprint density at radius 1 is 0.211 bits per heavy atom. The van der Waals surface area contributed by atoms with Crippen LogP contribution in [-0.2, 0) is 0 Å². The zero-order valence-electron chi connectivity index (χ0n) is 31.5. The Balaban J connectivity index is 1.27. The molecule has 0 fully saturated rings. The molecular weight excluding hydrogens is 687 g/mol. The van der Waals surface area contributed by atoms with Crippen molar-refractivity contribution in [2.75, 3.05) is 4.90 Å². The largest absolute Gasteiger partial charge is 0.310 e. The van der Waals surface area contributed by atoms with E-state index in [1.165, 1.54) is 77.2 Å². The second-order valence-corrected chi connectivity index (χ2v) is 14.5. The number of anilines is 3. The van der Waals surface area contributed by atoms with Gasteiger partial charge in [0.05, 0.1) is 0 Å². The van der Waals surface area contributed by atoms with E-state index in [1.54, 1.807) is 0 Å². The highest BCUT2D eigenvalue weighted by molar-refractivity contribution is 6.22. The molecule has 0 aromatic heterocycles. The number of fused-ring (bicyclic) bond motifs is 3. The van der Waals surface area contributed by atoms with Gasteiger partial charge in [-0.15, -0.1) is 0 Å². The van der Waals surface area contributed by atoms with E-state index in [0.717, 1.165) is 17.1 Å². The van der Waals surface area contributed by atoms with Gasteiger partial charge >= 0.3 is 0 Å². The fourth-order valence-corrected chi connectivity index (χ4v) is 8.43. The van der Waals surface area contributed by atoms with Gasteiger partial charge in [0.1, 0.15) is 0 Å². The van der Waals surface area contributed by atoms with E-state index in [-0.39, 0.29) is 0 Å². The molecule has 0 saturated carbocycles. The third kappa shape index (κ3) is 6.46. The van der Waals surface area contributed by atoms with Gasteiger partial charge in [0, 0.05) is 17.1 Å². The summed E-state index contributed by atoms with van der Waals surface area (Å²) in [6, 6.07) is 85.7. The van der Waals surface area contributed by atoms with Crippen LogP contribution in [0.2, 0.25) is 0 Å².